The molecule has 1 rings (SSSR count). The summed E-state index contributed by atoms with van der Waals surface area (Å²) in [6, 6.07) is 1.42. The lowest BCUT2D eigenvalue weighted by molar-refractivity contribution is 0.427. The topological polar surface area (TPSA) is 57.8 Å². The zero-order chi connectivity index (χ0) is 12.0. The monoisotopic (exact) mass is 241 g/mol. The molecule has 16 heavy (non-hydrogen) atoms. The van der Waals surface area contributed by atoms with Crippen LogP contribution < -0.4 is 10.9 Å². The molecule has 0 aromatic carbocycles. The van der Waals surface area contributed by atoms with E-state index in [4.69, 9.17) is 0 Å². The largest absolute Gasteiger partial charge is 0.312 e. The third-order valence-corrected chi connectivity index (χ3v) is 2.84. The summed E-state index contributed by atoms with van der Waals surface area (Å²) in [5.74, 6) is 0.954. The maximum Gasteiger partial charge on any atom is 0.251 e. The summed E-state index contributed by atoms with van der Waals surface area (Å²) in [5.41, 5.74) is 0.0783. The molecule has 0 aliphatic rings. The van der Waals surface area contributed by atoms with Crippen LogP contribution in [0.2, 0.25) is 0 Å². The highest BCUT2D eigenvalue weighted by atomic mass is 32.2. The third-order valence-electron chi connectivity index (χ3n) is 1.86. The van der Waals surface area contributed by atoms with Gasteiger partial charge < -0.3 is 10.3 Å². The molecule has 2 N–H and O–H groups in total. The first kappa shape index (κ1) is 13.3. The van der Waals surface area contributed by atoms with Crippen molar-refractivity contribution in [2.75, 3.05) is 12.3 Å². The Balaban J connectivity index is 2.19. The van der Waals surface area contributed by atoms with Crippen LogP contribution in [0.1, 0.15) is 27.2 Å². The van der Waals surface area contributed by atoms with E-state index >= 15 is 0 Å². The molecule has 0 saturated heterocycles. The molecule has 0 spiro atoms. The number of hydrogen-bond donors (Lipinski definition) is 2. The van der Waals surface area contributed by atoms with Crippen LogP contribution in [0, 0.1) is 0 Å². The van der Waals surface area contributed by atoms with E-state index in [9.17, 15) is 4.79 Å². The van der Waals surface area contributed by atoms with Gasteiger partial charge in [-0.2, -0.15) is 0 Å². The molecule has 0 saturated carbocycles. The lowest BCUT2D eigenvalue weighted by Crippen LogP contribution is -2.36. The minimum Gasteiger partial charge on any atom is -0.312 e. The molecule has 0 aliphatic carbocycles. The molecular weight excluding hydrogens is 222 g/mol. The molecule has 0 fully saturated rings. The van der Waals surface area contributed by atoms with Crippen molar-refractivity contribution in [2.24, 2.45) is 0 Å². The predicted molar refractivity (Wildman–Crippen MR) is 68.0 cm³/mol. The van der Waals surface area contributed by atoms with Crippen molar-refractivity contribution in [1.82, 2.24) is 15.3 Å². The van der Waals surface area contributed by atoms with Gasteiger partial charge in [0, 0.05) is 23.6 Å². The van der Waals surface area contributed by atoms with Crippen molar-refractivity contribution >= 4 is 11.8 Å². The first-order valence-corrected chi connectivity index (χ1v) is 6.39. The van der Waals surface area contributed by atoms with E-state index < -0.39 is 0 Å². The maximum atomic E-state index is 11.0. The number of rotatable bonds is 5. The van der Waals surface area contributed by atoms with Gasteiger partial charge in [0.2, 0.25) is 0 Å². The fraction of sp³-hybridized carbons (Fsp3) is 0.636. The van der Waals surface area contributed by atoms with Crippen molar-refractivity contribution < 1.29 is 0 Å². The average molecular weight is 241 g/mol. The van der Waals surface area contributed by atoms with Gasteiger partial charge in [0.15, 0.2) is 5.16 Å². The Morgan fingerprint density at radius 1 is 1.50 bits per heavy atom. The zero-order valence-corrected chi connectivity index (χ0v) is 10.9. The molecule has 1 aromatic heterocycles. The summed E-state index contributed by atoms with van der Waals surface area (Å²) in [4.78, 5) is 17.8. The number of aromatic nitrogens is 2. The number of nitrogens with zero attached hydrogens (tertiary/aromatic N) is 1. The van der Waals surface area contributed by atoms with Crippen molar-refractivity contribution in [3.8, 4) is 0 Å². The Morgan fingerprint density at radius 2 is 2.25 bits per heavy atom. The van der Waals surface area contributed by atoms with Crippen molar-refractivity contribution in [3.05, 3.63) is 22.6 Å². The Kier molecular flexibility index (Phi) is 5.02. The Bertz CT molecular complexity index is 370. The molecule has 0 bridgehead atoms. The second-order valence-corrected chi connectivity index (χ2v) is 5.70. The first-order chi connectivity index (χ1) is 7.47. The van der Waals surface area contributed by atoms with Gasteiger partial charge in [-0.05, 0) is 33.7 Å². The minimum absolute atomic E-state index is 0.0923. The van der Waals surface area contributed by atoms with Crippen molar-refractivity contribution in [2.45, 2.75) is 37.9 Å². The summed E-state index contributed by atoms with van der Waals surface area (Å²) in [6.45, 7) is 7.43. The van der Waals surface area contributed by atoms with Crippen LogP contribution >= 0.6 is 11.8 Å². The summed E-state index contributed by atoms with van der Waals surface area (Å²) in [6.07, 6.45) is 2.59. The van der Waals surface area contributed by atoms with Gasteiger partial charge in [0.05, 0.1) is 0 Å². The second-order valence-electron chi connectivity index (χ2n) is 4.62. The summed E-state index contributed by atoms with van der Waals surface area (Å²) in [5, 5.41) is 4.11. The number of nitrogens with one attached hydrogen (secondary N) is 2. The van der Waals surface area contributed by atoms with Gasteiger partial charge in [-0.1, -0.05) is 11.8 Å². The van der Waals surface area contributed by atoms with Gasteiger partial charge in [-0.3, -0.25) is 4.79 Å². The summed E-state index contributed by atoms with van der Waals surface area (Å²) in [7, 11) is 0. The molecular formula is C11H19N3OS. The molecule has 0 aliphatic heterocycles. The van der Waals surface area contributed by atoms with Crippen LogP contribution in [0.15, 0.2) is 22.2 Å². The van der Waals surface area contributed by atoms with E-state index in [-0.39, 0.29) is 11.1 Å². The number of hydrogen-bond acceptors (Lipinski definition) is 4. The molecule has 0 unspecified atom stereocenters. The molecule has 4 nitrogen and oxygen atoms in total. The van der Waals surface area contributed by atoms with Crippen LogP contribution in [-0.4, -0.2) is 27.8 Å². The lowest BCUT2D eigenvalue weighted by atomic mass is 10.1. The normalized spacial score (nSPS) is 11.7. The SMILES string of the molecule is CC(C)(C)NCCCSc1nccc(=O)[nH]1. The van der Waals surface area contributed by atoms with Crippen LogP contribution in [0.3, 0.4) is 0 Å². The predicted octanol–water partition coefficient (Wildman–Crippen LogP) is 1.64. The smallest absolute Gasteiger partial charge is 0.251 e. The fourth-order valence-corrected chi connectivity index (χ4v) is 1.92. The number of aromatic amines is 1. The quantitative estimate of drug-likeness (QED) is 0.467. The van der Waals surface area contributed by atoms with E-state index in [0.29, 0.717) is 5.16 Å². The van der Waals surface area contributed by atoms with Crippen molar-refractivity contribution in [1.29, 1.82) is 0 Å². The van der Waals surface area contributed by atoms with E-state index in [1.807, 2.05) is 0 Å². The molecule has 0 atom stereocenters. The van der Waals surface area contributed by atoms with E-state index in [2.05, 4.69) is 36.1 Å². The van der Waals surface area contributed by atoms with Crippen LogP contribution in [0.4, 0.5) is 0 Å². The van der Waals surface area contributed by atoms with Crippen LogP contribution in [0.5, 0.6) is 0 Å². The number of H-pyrrole nitrogens is 1. The molecule has 90 valence electrons. The minimum atomic E-state index is -0.0923. The van der Waals surface area contributed by atoms with Crippen LogP contribution in [0.25, 0.3) is 0 Å². The highest BCUT2D eigenvalue weighted by molar-refractivity contribution is 7.99. The van der Waals surface area contributed by atoms with E-state index in [1.165, 1.54) is 12.3 Å². The molecule has 0 amide bonds. The summed E-state index contributed by atoms with van der Waals surface area (Å²) >= 11 is 1.58. The fourth-order valence-electron chi connectivity index (χ4n) is 1.13. The highest BCUT2D eigenvalue weighted by Crippen LogP contribution is 2.10. The van der Waals surface area contributed by atoms with E-state index in [0.717, 1.165) is 18.7 Å². The maximum absolute atomic E-state index is 11.0. The van der Waals surface area contributed by atoms with Gasteiger partial charge in [-0.25, -0.2) is 4.98 Å². The third kappa shape index (κ3) is 5.92. The number of thioether (sulfide) groups is 1. The van der Waals surface area contributed by atoms with Gasteiger partial charge in [0.1, 0.15) is 0 Å². The standard InChI is InChI=1S/C11H19N3OS/c1-11(2,3)13-6-4-8-16-10-12-7-5-9(15)14-10/h5,7,13H,4,6,8H2,1-3H3,(H,12,14,15). The summed E-state index contributed by atoms with van der Waals surface area (Å²) < 4.78 is 0. The Labute approximate surface area is 100 Å². The molecule has 0 radical (unpaired) electrons. The average Bonchev–Trinajstić information content (AvgIpc) is 2.15. The van der Waals surface area contributed by atoms with Gasteiger partial charge in [-0.15, -0.1) is 0 Å². The highest BCUT2D eigenvalue weighted by Gasteiger charge is 2.07. The van der Waals surface area contributed by atoms with Crippen LogP contribution in [-0.2, 0) is 0 Å². The lowest BCUT2D eigenvalue weighted by Gasteiger charge is -2.20. The molecule has 1 heterocycles. The molecule has 5 heteroatoms. The Hall–Kier alpha value is -0.810. The van der Waals surface area contributed by atoms with E-state index in [1.54, 1.807) is 11.8 Å². The molecule has 1 aromatic rings. The van der Waals surface area contributed by atoms with Gasteiger partial charge in [0.25, 0.3) is 5.56 Å². The zero-order valence-electron chi connectivity index (χ0n) is 10.0. The Morgan fingerprint density at radius 3 is 2.88 bits per heavy atom. The van der Waals surface area contributed by atoms with Crippen molar-refractivity contribution in [3.63, 3.8) is 0 Å². The van der Waals surface area contributed by atoms with Gasteiger partial charge >= 0.3 is 0 Å². The second kappa shape index (κ2) is 6.06. The first-order valence-electron chi connectivity index (χ1n) is 5.40.